The summed E-state index contributed by atoms with van der Waals surface area (Å²) < 4.78 is 1.96. The van der Waals surface area contributed by atoms with Gasteiger partial charge in [0.25, 0.3) is 0 Å². The summed E-state index contributed by atoms with van der Waals surface area (Å²) in [6.45, 7) is 0. The van der Waals surface area contributed by atoms with Crippen molar-refractivity contribution < 1.29 is 4.79 Å². The van der Waals surface area contributed by atoms with Gasteiger partial charge in [-0.3, -0.25) is 4.79 Å². The third-order valence-corrected chi connectivity index (χ3v) is 3.50. The van der Waals surface area contributed by atoms with E-state index in [9.17, 15) is 4.79 Å². The molecule has 0 aliphatic rings. The first kappa shape index (κ1) is 11.1. The summed E-state index contributed by atoms with van der Waals surface area (Å²) in [6.07, 6.45) is 0.287. The van der Waals surface area contributed by atoms with Gasteiger partial charge in [0.15, 0.2) is 5.78 Å². The smallest absolute Gasteiger partial charge is 0.189 e. The van der Waals surface area contributed by atoms with Crippen LogP contribution in [0.5, 0.6) is 0 Å². The quantitative estimate of drug-likeness (QED) is 0.677. The molecule has 0 atom stereocenters. The van der Waals surface area contributed by atoms with Crippen molar-refractivity contribution >= 4 is 28.2 Å². The molecular formula is C13H11N3OS. The number of rotatable bonds is 3. The van der Waals surface area contributed by atoms with Crippen molar-refractivity contribution in [3.63, 3.8) is 0 Å². The van der Waals surface area contributed by atoms with E-state index in [-0.39, 0.29) is 12.2 Å². The highest BCUT2D eigenvalue weighted by atomic mass is 32.1. The molecule has 0 saturated heterocycles. The molecule has 1 aromatic carbocycles. The molecule has 2 heterocycles. The number of Topliss-reactive ketones (excluding diaryl/α,β-unsaturated/α-hetero) is 1. The first-order valence-electron chi connectivity index (χ1n) is 5.57. The average molecular weight is 257 g/mol. The molecule has 90 valence electrons. The van der Waals surface area contributed by atoms with Crippen molar-refractivity contribution in [3.8, 4) is 0 Å². The molecule has 0 aliphatic carbocycles. The Bertz CT molecular complexity index is 700. The Morgan fingerprint density at radius 1 is 1.39 bits per heavy atom. The maximum Gasteiger partial charge on any atom is 0.189 e. The molecule has 4 nitrogen and oxygen atoms in total. The van der Waals surface area contributed by atoms with E-state index < -0.39 is 0 Å². The lowest BCUT2D eigenvalue weighted by Gasteiger charge is -2.00. The largest absolute Gasteiger partial charge is 0.331 e. The summed E-state index contributed by atoms with van der Waals surface area (Å²) in [4.78, 5) is 20.5. The number of hydrogen-bond donors (Lipinski definition) is 0. The number of para-hydroxylation sites is 2. The van der Waals surface area contributed by atoms with Crippen LogP contribution in [-0.2, 0) is 13.5 Å². The second kappa shape index (κ2) is 4.34. The number of benzene rings is 1. The van der Waals surface area contributed by atoms with Gasteiger partial charge in [0.2, 0.25) is 0 Å². The van der Waals surface area contributed by atoms with Crippen molar-refractivity contribution in [1.82, 2.24) is 14.5 Å². The lowest BCUT2D eigenvalue weighted by Crippen LogP contribution is -2.08. The molecule has 3 rings (SSSR count). The van der Waals surface area contributed by atoms with Crippen molar-refractivity contribution in [3.05, 3.63) is 46.7 Å². The minimum Gasteiger partial charge on any atom is -0.331 e. The Balaban J connectivity index is 1.96. The van der Waals surface area contributed by atoms with Gasteiger partial charge in [-0.2, -0.15) is 0 Å². The molecule has 0 fully saturated rings. The lowest BCUT2D eigenvalue weighted by molar-refractivity contribution is 0.0986. The summed E-state index contributed by atoms with van der Waals surface area (Å²) in [7, 11) is 1.93. The Hall–Kier alpha value is -2.01. The van der Waals surface area contributed by atoms with Gasteiger partial charge >= 0.3 is 0 Å². The number of aryl methyl sites for hydroxylation is 1. The highest BCUT2D eigenvalue weighted by molar-refractivity contribution is 7.07. The van der Waals surface area contributed by atoms with Crippen LogP contribution in [-0.4, -0.2) is 20.3 Å². The lowest BCUT2D eigenvalue weighted by atomic mass is 10.2. The topological polar surface area (TPSA) is 47.8 Å². The van der Waals surface area contributed by atoms with Gasteiger partial charge < -0.3 is 4.57 Å². The van der Waals surface area contributed by atoms with Crippen LogP contribution in [0.2, 0.25) is 0 Å². The Labute approximate surface area is 108 Å². The molecule has 0 N–H and O–H groups in total. The molecule has 0 aliphatic heterocycles. The van der Waals surface area contributed by atoms with Crippen molar-refractivity contribution in [2.75, 3.05) is 0 Å². The Kier molecular flexibility index (Phi) is 2.68. The minimum atomic E-state index is 0.00894. The van der Waals surface area contributed by atoms with Crippen molar-refractivity contribution in [1.29, 1.82) is 0 Å². The molecule has 0 bridgehead atoms. The number of aromatic nitrogens is 3. The number of hydrogen-bond acceptors (Lipinski definition) is 4. The number of nitrogens with zero attached hydrogens (tertiary/aromatic N) is 3. The second-order valence-electron chi connectivity index (χ2n) is 4.05. The van der Waals surface area contributed by atoms with Gasteiger partial charge in [0.1, 0.15) is 11.5 Å². The van der Waals surface area contributed by atoms with Crippen molar-refractivity contribution in [2.24, 2.45) is 7.05 Å². The fraction of sp³-hybridized carbons (Fsp3) is 0.154. The maximum atomic E-state index is 12.0. The van der Waals surface area contributed by atoms with E-state index in [1.54, 1.807) is 10.9 Å². The first-order valence-corrected chi connectivity index (χ1v) is 6.51. The number of fused-ring (bicyclic) bond motifs is 1. The Morgan fingerprint density at radius 3 is 2.94 bits per heavy atom. The summed E-state index contributed by atoms with van der Waals surface area (Å²) in [5.74, 6) is 0.781. The van der Waals surface area contributed by atoms with Gasteiger partial charge in [-0.15, -0.1) is 11.3 Å². The van der Waals surface area contributed by atoms with Crippen LogP contribution in [0, 0.1) is 0 Å². The minimum absolute atomic E-state index is 0.00894. The standard InChI is InChI=1S/C13H11N3OS/c1-16-11-5-3-2-4-9(11)15-13(16)6-12(17)10-7-18-8-14-10/h2-5,7-8H,6H2,1H3. The second-order valence-corrected chi connectivity index (χ2v) is 4.77. The zero-order valence-electron chi connectivity index (χ0n) is 9.83. The van der Waals surface area contributed by atoms with E-state index in [1.165, 1.54) is 11.3 Å². The van der Waals surface area contributed by atoms with Crippen LogP contribution in [0.25, 0.3) is 11.0 Å². The molecule has 0 unspecified atom stereocenters. The maximum absolute atomic E-state index is 12.0. The van der Waals surface area contributed by atoms with E-state index in [1.807, 2.05) is 35.9 Å². The van der Waals surface area contributed by atoms with E-state index in [2.05, 4.69) is 9.97 Å². The zero-order chi connectivity index (χ0) is 12.5. The molecule has 0 amide bonds. The predicted octanol–water partition coefficient (Wildman–Crippen LogP) is 2.46. The number of carbonyl (C=O) groups excluding carboxylic acids is 1. The van der Waals surface area contributed by atoms with Gasteiger partial charge in [0.05, 0.1) is 23.0 Å². The molecule has 5 heteroatoms. The first-order chi connectivity index (χ1) is 8.75. The van der Waals surface area contributed by atoms with Crippen LogP contribution >= 0.6 is 11.3 Å². The molecule has 0 radical (unpaired) electrons. The molecule has 3 aromatic rings. The zero-order valence-corrected chi connectivity index (χ0v) is 10.6. The van der Waals surface area contributed by atoms with E-state index in [0.29, 0.717) is 5.69 Å². The normalized spacial score (nSPS) is 10.9. The SMILES string of the molecule is Cn1c(CC(=O)c2cscn2)nc2ccccc21. The van der Waals surface area contributed by atoms with Gasteiger partial charge in [-0.05, 0) is 12.1 Å². The van der Waals surface area contributed by atoms with E-state index in [4.69, 9.17) is 0 Å². The van der Waals surface area contributed by atoms with E-state index >= 15 is 0 Å². The average Bonchev–Trinajstić information content (AvgIpc) is 3.00. The third-order valence-electron chi connectivity index (χ3n) is 2.92. The van der Waals surface area contributed by atoms with Gasteiger partial charge in [-0.1, -0.05) is 12.1 Å². The number of imidazole rings is 1. The third kappa shape index (κ3) is 1.82. The van der Waals surface area contributed by atoms with Crippen molar-refractivity contribution in [2.45, 2.75) is 6.42 Å². The summed E-state index contributed by atoms with van der Waals surface area (Å²) in [6, 6.07) is 7.86. The van der Waals surface area contributed by atoms with Crippen LogP contribution in [0.15, 0.2) is 35.2 Å². The summed E-state index contributed by atoms with van der Waals surface area (Å²) >= 11 is 1.43. The highest BCUT2D eigenvalue weighted by Crippen LogP contribution is 2.15. The van der Waals surface area contributed by atoms with Crippen LogP contribution in [0.1, 0.15) is 16.3 Å². The summed E-state index contributed by atoms with van der Waals surface area (Å²) in [5.41, 5.74) is 4.15. The number of ketones is 1. The van der Waals surface area contributed by atoms with Crippen LogP contribution < -0.4 is 0 Å². The monoisotopic (exact) mass is 257 g/mol. The predicted molar refractivity (Wildman–Crippen MR) is 70.9 cm³/mol. The fourth-order valence-electron chi connectivity index (χ4n) is 1.94. The molecule has 18 heavy (non-hydrogen) atoms. The molecule has 2 aromatic heterocycles. The fourth-order valence-corrected chi connectivity index (χ4v) is 2.49. The molecule has 0 saturated carbocycles. The van der Waals surface area contributed by atoms with Gasteiger partial charge in [-0.25, -0.2) is 9.97 Å². The van der Waals surface area contributed by atoms with E-state index in [0.717, 1.165) is 16.9 Å². The summed E-state index contributed by atoms with van der Waals surface area (Å²) in [5, 5.41) is 1.77. The molecular weight excluding hydrogens is 246 g/mol. The Morgan fingerprint density at radius 2 is 2.22 bits per heavy atom. The van der Waals surface area contributed by atoms with Crippen LogP contribution in [0.3, 0.4) is 0 Å². The number of thiazole rings is 1. The van der Waals surface area contributed by atoms with Crippen LogP contribution in [0.4, 0.5) is 0 Å². The number of carbonyl (C=O) groups is 1. The molecule has 0 spiro atoms. The highest BCUT2D eigenvalue weighted by Gasteiger charge is 2.14. The van der Waals surface area contributed by atoms with Gasteiger partial charge in [0, 0.05) is 12.4 Å².